The van der Waals surface area contributed by atoms with Crippen molar-refractivity contribution in [3.63, 3.8) is 0 Å². The highest BCUT2D eigenvalue weighted by atomic mass is 16.5. The minimum absolute atomic E-state index is 0.217. The Labute approximate surface area is 141 Å². The third-order valence-electron chi connectivity index (χ3n) is 3.86. The number of amides is 1. The number of nitriles is 1. The van der Waals surface area contributed by atoms with Gasteiger partial charge in [-0.1, -0.05) is 30.3 Å². The van der Waals surface area contributed by atoms with Crippen LogP contribution in [0.15, 0.2) is 48.5 Å². The van der Waals surface area contributed by atoms with Crippen molar-refractivity contribution in [3.05, 3.63) is 59.7 Å². The summed E-state index contributed by atoms with van der Waals surface area (Å²) in [6.07, 6.45) is 0. The van der Waals surface area contributed by atoms with Crippen LogP contribution in [0.4, 0.5) is 0 Å². The molecule has 0 bridgehead atoms. The van der Waals surface area contributed by atoms with E-state index in [0.29, 0.717) is 17.1 Å². The molecular weight excluding hydrogens is 304 g/mol. The lowest BCUT2D eigenvalue weighted by molar-refractivity contribution is -0.122. The molecule has 2 rings (SSSR count). The molecule has 0 saturated carbocycles. The summed E-state index contributed by atoms with van der Waals surface area (Å²) in [6, 6.07) is 15.9. The van der Waals surface area contributed by atoms with E-state index in [1.165, 1.54) is 7.11 Å². The minimum atomic E-state index is -0.801. The van der Waals surface area contributed by atoms with Crippen LogP contribution in [0.25, 0.3) is 0 Å². The summed E-state index contributed by atoms with van der Waals surface area (Å²) in [4.78, 5) is 12.5. The van der Waals surface area contributed by atoms with E-state index in [1.54, 1.807) is 25.3 Å². The highest BCUT2D eigenvalue weighted by molar-refractivity contribution is 5.84. The molecule has 124 valence electrons. The number of carbonyl (C=O) groups is 1. The average molecular weight is 324 g/mol. The molecule has 2 aromatic carbocycles. The molecule has 0 saturated heterocycles. The number of ether oxygens (including phenoxy) is 2. The van der Waals surface area contributed by atoms with E-state index in [1.807, 2.05) is 37.3 Å². The second-order valence-corrected chi connectivity index (χ2v) is 5.31. The van der Waals surface area contributed by atoms with E-state index in [0.717, 1.165) is 5.56 Å². The average Bonchev–Trinajstić information content (AvgIpc) is 2.65. The Morgan fingerprint density at radius 1 is 1.12 bits per heavy atom. The predicted molar refractivity (Wildman–Crippen MR) is 90.9 cm³/mol. The van der Waals surface area contributed by atoms with Gasteiger partial charge in [0.1, 0.15) is 17.5 Å². The molecule has 0 aliphatic heterocycles. The molecule has 2 atom stereocenters. The van der Waals surface area contributed by atoms with Crippen molar-refractivity contribution in [2.75, 3.05) is 14.2 Å². The van der Waals surface area contributed by atoms with Gasteiger partial charge in [-0.05, 0) is 24.6 Å². The molecule has 0 radical (unpaired) electrons. The van der Waals surface area contributed by atoms with E-state index in [-0.39, 0.29) is 11.8 Å². The molecule has 24 heavy (non-hydrogen) atoms. The van der Waals surface area contributed by atoms with Crippen LogP contribution in [-0.4, -0.2) is 20.1 Å². The van der Waals surface area contributed by atoms with E-state index in [4.69, 9.17) is 9.47 Å². The highest BCUT2D eigenvalue weighted by Crippen LogP contribution is 2.29. The van der Waals surface area contributed by atoms with Crippen LogP contribution in [-0.2, 0) is 4.79 Å². The maximum atomic E-state index is 12.5. The fourth-order valence-electron chi connectivity index (χ4n) is 2.40. The zero-order valence-corrected chi connectivity index (χ0v) is 13.9. The first-order valence-electron chi connectivity index (χ1n) is 7.57. The minimum Gasteiger partial charge on any atom is -0.497 e. The molecular formula is C19H20N2O3. The first kappa shape index (κ1) is 17.4. The number of benzene rings is 2. The number of hydrogen-bond donors (Lipinski definition) is 1. The van der Waals surface area contributed by atoms with Crippen molar-refractivity contribution in [1.29, 1.82) is 5.26 Å². The second-order valence-electron chi connectivity index (χ2n) is 5.31. The van der Waals surface area contributed by atoms with Crippen LogP contribution in [0.1, 0.15) is 30.0 Å². The molecule has 0 spiro atoms. The number of carbonyl (C=O) groups excluding carboxylic acids is 1. The highest BCUT2D eigenvalue weighted by Gasteiger charge is 2.22. The summed E-state index contributed by atoms with van der Waals surface area (Å²) in [5.74, 6) is 0.543. The Kier molecular flexibility index (Phi) is 5.80. The standard InChI is InChI=1S/C19H20N2O3/c1-13(14-7-5-4-6-8-14)19(22)21-17(12-20)16-10-9-15(23-2)11-18(16)24-3/h4-11,13,17H,1-3H3,(H,21,22)/t13-,17+/m0/s1. The largest absolute Gasteiger partial charge is 0.497 e. The quantitative estimate of drug-likeness (QED) is 0.886. The number of nitrogens with zero attached hydrogens (tertiary/aromatic N) is 1. The van der Waals surface area contributed by atoms with Gasteiger partial charge in [0, 0.05) is 11.6 Å². The van der Waals surface area contributed by atoms with Gasteiger partial charge in [0.25, 0.3) is 0 Å². The Hall–Kier alpha value is -3.00. The van der Waals surface area contributed by atoms with Gasteiger partial charge in [-0.3, -0.25) is 4.79 Å². The van der Waals surface area contributed by atoms with Gasteiger partial charge in [-0.2, -0.15) is 5.26 Å². The van der Waals surface area contributed by atoms with Crippen LogP contribution in [0, 0.1) is 11.3 Å². The zero-order chi connectivity index (χ0) is 17.5. The summed E-state index contributed by atoms with van der Waals surface area (Å²) in [5.41, 5.74) is 1.49. The zero-order valence-electron chi connectivity index (χ0n) is 13.9. The number of rotatable bonds is 6. The van der Waals surface area contributed by atoms with Crippen LogP contribution < -0.4 is 14.8 Å². The number of nitrogens with one attached hydrogen (secondary N) is 1. The Morgan fingerprint density at radius 3 is 2.42 bits per heavy atom. The van der Waals surface area contributed by atoms with E-state index in [9.17, 15) is 10.1 Å². The fraction of sp³-hybridized carbons (Fsp3) is 0.263. The Bertz CT molecular complexity index is 738. The molecule has 1 amide bonds. The van der Waals surface area contributed by atoms with E-state index >= 15 is 0 Å². The molecule has 0 aromatic heterocycles. The van der Waals surface area contributed by atoms with E-state index in [2.05, 4.69) is 11.4 Å². The van der Waals surface area contributed by atoms with Crippen LogP contribution in [0.3, 0.4) is 0 Å². The lowest BCUT2D eigenvalue weighted by Gasteiger charge is -2.18. The van der Waals surface area contributed by atoms with Gasteiger partial charge < -0.3 is 14.8 Å². The van der Waals surface area contributed by atoms with Crippen molar-refractivity contribution in [2.24, 2.45) is 0 Å². The Balaban J connectivity index is 2.21. The summed E-state index contributed by atoms with van der Waals surface area (Å²) in [7, 11) is 3.07. The van der Waals surface area contributed by atoms with Crippen LogP contribution in [0.2, 0.25) is 0 Å². The summed E-state index contributed by atoms with van der Waals surface area (Å²) in [5, 5.41) is 12.2. The van der Waals surface area contributed by atoms with Crippen molar-refractivity contribution in [1.82, 2.24) is 5.32 Å². The van der Waals surface area contributed by atoms with Gasteiger partial charge in [0.05, 0.1) is 26.2 Å². The lowest BCUT2D eigenvalue weighted by atomic mass is 9.99. The van der Waals surface area contributed by atoms with Crippen molar-refractivity contribution >= 4 is 5.91 Å². The first-order valence-corrected chi connectivity index (χ1v) is 7.57. The molecule has 0 aliphatic rings. The Morgan fingerprint density at radius 2 is 1.83 bits per heavy atom. The maximum absolute atomic E-state index is 12.5. The number of methoxy groups -OCH3 is 2. The normalized spacial score (nSPS) is 12.6. The molecule has 5 heteroatoms. The molecule has 0 unspecified atom stereocenters. The second kappa shape index (κ2) is 8.02. The van der Waals surface area contributed by atoms with E-state index < -0.39 is 6.04 Å². The van der Waals surface area contributed by atoms with Gasteiger partial charge in [0.15, 0.2) is 0 Å². The van der Waals surface area contributed by atoms with Crippen molar-refractivity contribution in [2.45, 2.75) is 18.9 Å². The smallest absolute Gasteiger partial charge is 0.228 e. The van der Waals surface area contributed by atoms with Crippen LogP contribution >= 0.6 is 0 Å². The summed E-state index contributed by atoms with van der Waals surface area (Å²) < 4.78 is 10.5. The monoisotopic (exact) mass is 324 g/mol. The third kappa shape index (κ3) is 3.85. The van der Waals surface area contributed by atoms with Crippen molar-refractivity contribution in [3.8, 4) is 17.6 Å². The number of hydrogen-bond acceptors (Lipinski definition) is 4. The molecule has 1 N–H and O–H groups in total. The topological polar surface area (TPSA) is 71.3 Å². The van der Waals surface area contributed by atoms with Crippen molar-refractivity contribution < 1.29 is 14.3 Å². The predicted octanol–water partition coefficient (Wildman–Crippen LogP) is 3.19. The maximum Gasteiger partial charge on any atom is 0.228 e. The molecule has 0 heterocycles. The SMILES string of the molecule is COc1ccc([C@@H](C#N)NC(=O)[C@@H](C)c2ccccc2)c(OC)c1. The van der Waals surface area contributed by atoms with Gasteiger partial charge in [0.2, 0.25) is 5.91 Å². The molecule has 2 aromatic rings. The third-order valence-corrected chi connectivity index (χ3v) is 3.86. The van der Waals surface area contributed by atoms with Gasteiger partial charge >= 0.3 is 0 Å². The summed E-state index contributed by atoms with van der Waals surface area (Å²) >= 11 is 0. The lowest BCUT2D eigenvalue weighted by Crippen LogP contribution is -2.31. The fourth-order valence-corrected chi connectivity index (χ4v) is 2.40. The van der Waals surface area contributed by atoms with Gasteiger partial charge in [-0.25, -0.2) is 0 Å². The van der Waals surface area contributed by atoms with Crippen LogP contribution in [0.5, 0.6) is 11.5 Å². The van der Waals surface area contributed by atoms with Gasteiger partial charge in [-0.15, -0.1) is 0 Å². The molecule has 5 nitrogen and oxygen atoms in total. The molecule has 0 fully saturated rings. The molecule has 0 aliphatic carbocycles. The first-order chi connectivity index (χ1) is 11.6. The summed E-state index contributed by atoms with van der Waals surface area (Å²) in [6.45, 7) is 1.81.